The third-order valence-corrected chi connectivity index (χ3v) is 7.19. The van der Waals surface area contributed by atoms with E-state index >= 15 is 0 Å². The lowest BCUT2D eigenvalue weighted by Crippen LogP contribution is -2.55. The molecule has 0 radical (unpaired) electrons. The number of halogens is 1. The number of rotatable bonds is 5. The number of ether oxygens (including phenoxy) is 1. The van der Waals surface area contributed by atoms with Crippen molar-refractivity contribution in [2.24, 2.45) is 5.92 Å². The molecule has 3 aliphatic rings. The molecule has 188 valence electrons. The Balaban J connectivity index is 1.43. The van der Waals surface area contributed by atoms with Crippen molar-refractivity contribution in [1.29, 1.82) is 5.26 Å². The molecule has 1 saturated carbocycles. The fraction of sp³-hybridized carbons (Fsp3) is 0.593. The molecule has 1 aromatic carbocycles. The maximum absolute atomic E-state index is 14.9. The number of carbonyl (C=O) groups is 2. The summed E-state index contributed by atoms with van der Waals surface area (Å²) in [6.07, 6.45) is 5.01. The predicted octanol–water partition coefficient (Wildman–Crippen LogP) is 3.88. The van der Waals surface area contributed by atoms with E-state index in [1.54, 1.807) is 31.7 Å². The fourth-order valence-corrected chi connectivity index (χ4v) is 5.45. The summed E-state index contributed by atoms with van der Waals surface area (Å²) in [7, 11) is 2.05. The maximum Gasteiger partial charge on any atom is 0.411 e. The Bertz CT molecular complexity index is 1060. The Labute approximate surface area is 206 Å². The van der Waals surface area contributed by atoms with Gasteiger partial charge in [0.25, 0.3) is 0 Å². The largest absolute Gasteiger partial charge is 0.444 e. The van der Waals surface area contributed by atoms with Gasteiger partial charge in [-0.3, -0.25) is 9.69 Å². The number of nitrogens with zero attached hydrogens (tertiary/aromatic N) is 3. The van der Waals surface area contributed by atoms with E-state index in [1.807, 2.05) is 6.07 Å². The topological polar surface area (TPSA) is 85.7 Å². The highest BCUT2D eigenvalue weighted by molar-refractivity contribution is 5.87. The van der Waals surface area contributed by atoms with Crippen LogP contribution in [0.4, 0.5) is 9.18 Å². The van der Waals surface area contributed by atoms with Crippen molar-refractivity contribution in [1.82, 2.24) is 15.1 Å². The summed E-state index contributed by atoms with van der Waals surface area (Å²) in [5.74, 6) is -0.707. The van der Waals surface area contributed by atoms with Crippen LogP contribution in [0.1, 0.15) is 57.6 Å². The lowest BCUT2D eigenvalue weighted by atomic mass is 9.95. The van der Waals surface area contributed by atoms with Crippen molar-refractivity contribution < 1.29 is 18.7 Å². The summed E-state index contributed by atoms with van der Waals surface area (Å²) in [4.78, 5) is 29.8. The average molecular weight is 483 g/mol. The number of fused-ring (bicyclic) bond motifs is 2. The maximum atomic E-state index is 14.9. The summed E-state index contributed by atoms with van der Waals surface area (Å²) in [5.41, 5.74) is 1.69. The van der Waals surface area contributed by atoms with Crippen molar-refractivity contribution in [2.75, 3.05) is 20.1 Å². The highest BCUT2D eigenvalue weighted by atomic mass is 19.1. The molecule has 8 heteroatoms. The number of nitriles is 1. The molecule has 0 spiro atoms. The van der Waals surface area contributed by atoms with E-state index in [2.05, 4.69) is 29.4 Å². The molecule has 2 bridgehead atoms. The smallest absolute Gasteiger partial charge is 0.411 e. The van der Waals surface area contributed by atoms with Crippen LogP contribution in [0.2, 0.25) is 0 Å². The fourth-order valence-electron chi connectivity index (χ4n) is 5.45. The van der Waals surface area contributed by atoms with Gasteiger partial charge < -0.3 is 15.0 Å². The molecule has 2 fully saturated rings. The van der Waals surface area contributed by atoms with Gasteiger partial charge in [-0.05, 0) is 82.2 Å². The Morgan fingerprint density at radius 1 is 1.31 bits per heavy atom. The van der Waals surface area contributed by atoms with Crippen LogP contribution < -0.4 is 5.32 Å². The summed E-state index contributed by atoms with van der Waals surface area (Å²) in [5, 5.41) is 12.5. The lowest BCUT2D eigenvalue weighted by Gasteiger charge is -2.35. The summed E-state index contributed by atoms with van der Waals surface area (Å²) in [6.45, 7) is 7.15. The van der Waals surface area contributed by atoms with Gasteiger partial charge in [-0.25, -0.2) is 9.18 Å². The highest BCUT2D eigenvalue weighted by Gasteiger charge is 2.52. The van der Waals surface area contributed by atoms with Gasteiger partial charge >= 0.3 is 6.09 Å². The third-order valence-electron chi connectivity index (χ3n) is 7.19. The van der Waals surface area contributed by atoms with E-state index in [1.165, 1.54) is 6.07 Å². The lowest BCUT2D eigenvalue weighted by molar-refractivity contribution is -0.128. The van der Waals surface area contributed by atoms with E-state index < -0.39 is 23.8 Å². The van der Waals surface area contributed by atoms with Gasteiger partial charge in [-0.2, -0.15) is 5.26 Å². The van der Waals surface area contributed by atoms with Gasteiger partial charge in [0.15, 0.2) is 0 Å². The number of hydrogen-bond acceptors (Lipinski definition) is 5. The van der Waals surface area contributed by atoms with E-state index in [-0.39, 0.29) is 30.1 Å². The second-order valence-electron chi connectivity index (χ2n) is 11.0. The van der Waals surface area contributed by atoms with E-state index in [9.17, 15) is 19.2 Å². The zero-order valence-electron chi connectivity index (χ0n) is 21.0. The van der Waals surface area contributed by atoms with Gasteiger partial charge in [0.05, 0.1) is 6.07 Å². The van der Waals surface area contributed by atoms with Crippen LogP contribution >= 0.6 is 0 Å². The number of likely N-dealkylation sites (N-methyl/N-ethyl adjacent to an activating group) is 1. The number of hydrogen-bond donors (Lipinski definition) is 1. The highest BCUT2D eigenvalue weighted by Crippen LogP contribution is 2.43. The first-order valence-corrected chi connectivity index (χ1v) is 12.4. The van der Waals surface area contributed by atoms with E-state index in [0.717, 1.165) is 49.9 Å². The van der Waals surface area contributed by atoms with Gasteiger partial charge in [0, 0.05) is 25.6 Å². The van der Waals surface area contributed by atoms with Crippen LogP contribution in [0.15, 0.2) is 24.3 Å². The molecular formula is C27H35FN4O3. The second kappa shape index (κ2) is 9.98. The Hall–Kier alpha value is -2.92. The predicted molar refractivity (Wildman–Crippen MR) is 131 cm³/mol. The average Bonchev–Trinajstić information content (AvgIpc) is 3.41. The quantitative estimate of drug-likeness (QED) is 0.688. The van der Waals surface area contributed by atoms with E-state index in [0.29, 0.717) is 5.56 Å². The Morgan fingerprint density at radius 2 is 2.09 bits per heavy atom. The van der Waals surface area contributed by atoms with Crippen LogP contribution in [-0.2, 0) is 16.0 Å². The van der Waals surface area contributed by atoms with Gasteiger partial charge in [-0.15, -0.1) is 0 Å². The molecule has 2 aliphatic heterocycles. The summed E-state index contributed by atoms with van der Waals surface area (Å²) < 4.78 is 20.5. The van der Waals surface area contributed by atoms with Crippen molar-refractivity contribution in [3.8, 4) is 6.07 Å². The molecule has 7 nitrogen and oxygen atoms in total. The molecule has 1 aliphatic carbocycles. The zero-order chi connectivity index (χ0) is 25.3. The molecule has 1 saturated heterocycles. The minimum absolute atomic E-state index is 0.0231. The minimum atomic E-state index is -0.898. The molecule has 4 atom stereocenters. The van der Waals surface area contributed by atoms with E-state index in [4.69, 9.17) is 4.74 Å². The number of likely N-dealkylation sites (tertiary alicyclic amines) is 1. The summed E-state index contributed by atoms with van der Waals surface area (Å²) >= 11 is 0. The Morgan fingerprint density at radius 3 is 2.71 bits per heavy atom. The van der Waals surface area contributed by atoms with Crippen LogP contribution in [0, 0.1) is 23.1 Å². The van der Waals surface area contributed by atoms with Crippen LogP contribution in [0.3, 0.4) is 0 Å². The standard InChI is InChI=1S/C27H35FN4O3/c1-27(2,3)35-26(34)32-22-8-7-20(14-22)24(32)25(33)30-21(16-29)13-19-6-5-18(15-23(19)28)17-9-11-31(4)12-10-17/h5-6,9,15,20-22,24H,7-8,10-14H2,1-4H3,(H,30,33). The first-order valence-electron chi connectivity index (χ1n) is 12.4. The van der Waals surface area contributed by atoms with Crippen LogP contribution in [0.25, 0.3) is 5.57 Å². The molecule has 2 amide bonds. The monoisotopic (exact) mass is 482 g/mol. The molecule has 1 N–H and O–H groups in total. The molecule has 35 heavy (non-hydrogen) atoms. The number of carbonyl (C=O) groups excluding carboxylic acids is 2. The van der Waals surface area contributed by atoms with Crippen LogP contribution in [-0.4, -0.2) is 65.7 Å². The number of piperidine rings is 1. The third kappa shape index (κ3) is 5.67. The van der Waals surface area contributed by atoms with Crippen molar-refractivity contribution >= 4 is 17.6 Å². The molecule has 1 aromatic rings. The van der Waals surface area contributed by atoms with Crippen LogP contribution in [0.5, 0.6) is 0 Å². The summed E-state index contributed by atoms with van der Waals surface area (Å²) in [6, 6.07) is 5.60. The molecule has 0 aromatic heterocycles. The number of nitrogens with one attached hydrogen (secondary N) is 1. The van der Waals surface area contributed by atoms with Gasteiger partial charge in [0.1, 0.15) is 23.5 Å². The van der Waals surface area contributed by atoms with Crippen molar-refractivity contribution in [2.45, 2.75) is 76.6 Å². The SMILES string of the molecule is CN1CC=C(c2ccc(CC(C#N)NC(=O)C3C4CCC(C4)N3C(=O)OC(C)(C)C)c(F)c2)CC1. The van der Waals surface area contributed by atoms with Crippen molar-refractivity contribution in [3.05, 3.63) is 41.2 Å². The molecule has 4 unspecified atom stereocenters. The normalized spacial score (nSPS) is 25.1. The molecule has 4 rings (SSSR count). The Kier molecular flexibility index (Phi) is 7.18. The van der Waals surface area contributed by atoms with Gasteiger partial charge in [-0.1, -0.05) is 18.2 Å². The molecular weight excluding hydrogens is 447 g/mol. The second-order valence-corrected chi connectivity index (χ2v) is 11.0. The number of amides is 2. The van der Waals surface area contributed by atoms with Gasteiger partial charge in [0.2, 0.25) is 5.91 Å². The number of benzene rings is 1. The first-order chi connectivity index (χ1) is 16.6. The zero-order valence-corrected chi connectivity index (χ0v) is 21.0. The first kappa shape index (κ1) is 25.2. The minimum Gasteiger partial charge on any atom is -0.444 e. The van der Waals surface area contributed by atoms with Crippen molar-refractivity contribution in [3.63, 3.8) is 0 Å². The molecule has 2 heterocycles.